The van der Waals surface area contributed by atoms with Gasteiger partial charge in [-0.1, -0.05) is 45.1 Å². The molecule has 0 radical (unpaired) electrons. The molecule has 4 aliphatic rings. The summed E-state index contributed by atoms with van der Waals surface area (Å²) in [6.45, 7) is 12.0. The molecule has 0 saturated carbocycles. The predicted molar refractivity (Wildman–Crippen MR) is 248 cm³/mol. The molecule has 2 aromatic heterocycles. The number of ketones is 1. The van der Waals surface area contributed by atoms with Gasteiger partial charge in [-0.3, -0.25) is 19.2 Å². The minimum absolute atomic E-state index is 0.00709. The van der Waals surface area contributed by atoms with Crippen LogP contribution in [0.3, 0.4) is 0 Å². The molecule has 17 heteroatoms. The highest BCUT2D eigenvalue weighted by Crippen LogP contribution is 2.48. The average Bonchev–Trinajstić information content (AvgIpc) is 3.75. The van der Waals surface area contributed by atoms with Crippen molar-refractivity contribution in [1.82, 2.24) is 9.97 Å². The van der Waals surface area contributed by atoms with Crippen molar-refractivity contribution in [1.29, 1.82) is 0 Å². The van der Waals surface area contributed by atoms with Gasteiger partial charge in [0.1, 0.15) is 52.9 Å². The molecule has 0 aliphatic carbocycles. The zero-order valence-electron chi connectivity index (χ0n) is 38.7. The minimum atomic E-state index is -2.05. The van der Waals surface area contributed by atoms with Crippen LogP contribution in [-0.2, 0) is 28.5 Å². The summed E-state index contributed by atoms with van der Waals surface area (Å²) in [4.78, 5) is 66.9. The van der Waals surface area contributed by atoms with E-state index in [1.165, 1.54) is 40.2 Å². The highest BCUT2D eigenvalue weighted by atomic mass is 16.7. The van der Waals surface area contributed by atoms with E-state index in [-0.39, 0.29) is 68.1 Å². The number of hydrogen-bond donors (Lipinski definition) is 3. The number of hydrogen-bond acceptors (Lipinski definition) is 16. The number of benzene rings is 3. The Morgan fingerprint density at radius 3 is 2.52 bits per heavy atom. The number of aromatic nitrogens is 2. The van der Waals surface area contributed by atoms with Crippen LogP contribution in [0.25, 0.3) is 33.0 Å². The molecule has 7 bridgehead atoms. The summed E-state index contributed by atoms with van der Waals surface area (Å²) in [6.07, 6.45) is 5.28. The first kappa shape index (κ1) is 46.7. The fourth-order valence-corrected chi connectivity index (χ4v) is 9.05. The summed E-state index contributed by atoms with van der Waals surface area (Å²) in [5, 5.41) is 26.1. The van der Waals surface area contributed by atoms with E-state index in [4.69, 9.17) is 37.8 Å². The first-order valence-corrected chi connectivity index (χ1v) is 22.1. The summed E-state index contributed by atoms with van der Waals surface area (Å²) >= 11 is 0. The molecular weight excluding hydrogens is 865 g/mol. The van der Waals surface area contributed by atoms with Gasteiger partial charge in [0.25, 0.3) is 11.7 Å². The second kappa shape index (κ2) is 18.5. The number of anilines is 2. The van der Waals surface area contributed by atoms with Crippen LogP contribution in [0, 0.1) is 24.7 Å². The van der Waals surface area contributed by atoms with Crippen LogP contribution >= 0.6 is 0 Å². The maximum atomic E-state index is 14.8. The molecule has 4 aliphatic heterocycles. The van der Waals surface area contributed by atoms with Gasteiger partial charge in [0.2, 0.25) is 0 Å². The number of rotatable bonds is 7. The number of nitrogens with zero attached hydrogens (tertiary/aromatic N) is 3. The van der Waals surface area contributed by atoms with Gasteiger partial charge in [-0.05, 0) is 44.2 Å². The van der Waals surface area contributed by atoms with Crippen LogP contribution in [-0.4, -0.2) is 101 Å². The molecule has 5 aromatic rings. The molecule has 9 atom stereocenters. The van der Waals surface area contributed by atoms with Crippen LogP contribution < -0.4 is 25.1 Å². The van der Waals surface area contributed by atoms with E-state index in [0.29, 0.717) is 17.8 Å². The second-order valence-electron chi connectivity index (χ2n) is 17.5. The van der Waals surface area contributed by atoms with Crippen molar-refractivity contribution in [3.63, 3.8) is 0 Å². The first-order valence-electron chi connectivity index (χ1n) is 22.1. The Hall–Kier alpha value is -6.82. The smallest absolute Gasteiger partial charge is 0.312 e. The van der Waals surface area contributed by atoms with Gasteiger partial charge in [-0.25, -0.2) is 9.97 Å². The molecule has 3 N–H and O–H groups in total. The van der Waals surface area contributed by atoms with Crippen molar-refractivity contribution >= 4 is 62.1 Å². The SMILES string of the molecule is CO[C@H]1/C=C/O[C@@]2(C)Oc3c(C)c(=O)c4c(O)c(c5oc6cc(OCCN(C)c7ccccn7)ccc6nc5c4c3C2=O)NC(=O)/C(C)=C\C=C\[C@H](C)[C@@H]2O[C@H]([C@H](O)[C@@H]2C)[C@H](OC(C)=O)[C@@H]1C. The molecule has 1 fully saturated rings. The molecule has 3 aromatic carbocycles. The number of carbonyl (C=O) groups excluding carboxylic acids is 3. The number of carbonyl (C=O) groups is 3. The zero-order valence-corrected chi connectivity index (χ0v) is 38.7. The van der Waals surface area contributed by atoms with E-state index in [0.717, 1.165) is 5.82 Å². The normalized spacial score (nSPS) is 28.2. The lowest BCUT2D eigenvalue weighted by Gasteiger charge is -2.33. The summed E-state index contributed by atoms with van der Waals surface area (Å²) < 4.78 is 43.0. The quantitative estimate of drug-likeness (QED) is 0.0671. The maximum absolute atomic E-state index is 14.8. The third-order valence-electron chi connectivity index (χ3n) is 12.9. The van der Waals surface area contributed by atoms with Crippen molar-refractivity contribution in [2.24, 2.45) is 17.8 Å². The van der Waals surface area contributed by atoms with Gasteiger partial charge in [0, 0.05) is 74.5 Å². The summed E-state index contributed by atoms with van der Waals surface area (Å²) in [5.74, 6) is -4.82. The molecule has 6 heterocycles. The van der Waals surface area contributed by atoms with Gasteiger partial charge in [0.05, 0.1) is 42.1 Å². The standard InChI is InChI=1S/C50H54N4O13/c1-24-13-12-14-25(2)49(60)53-39-42(58)36-35(38-46(39)65-33-23-30(16-17-31(33)52-38)62-22-20-54(8)34-15-10-11-19-51-34)37-44(27(4)40(36)56)67-50(7,48(37)59)63-21-18-32(61-9)26(3)45(64-29(6)55)47-41(57)28(5)43(24)66-47/h10-19,21,23-24,26,28,32,41,43,45,47,57-58H,20,22H2,1-9H3,(H,53,60)/b13-12+,21-18+,25-14-/t24-,26+,28-,32-,41+,43-,45+,47+,50-/m0/s1. The lowest BCUT2D eigenvalue weighted by Crippen LogP contribution is -2.46. The zero-order chi connectivity index (χ0) is 48.1. The molecule has 0 unspecified atom stereocenters. The third kappa shape index (κ3) is 8.58. The monoisotopic (exact) mass is 918 g/mol. The van der Waals surface area contributed by atoms with E-state index >= 15 is 0 Å². The summed E-state index contributed by atoms with van der Waals surface area (Å²) in [6, 6.07) is 10.6. The van der Waals surface area contributed by atoms with Crippen molar-refractivity contribution in [2.75, 3.05) is 37.5 Å². The number of phenolic OH excluding ortho intramolecular Hbond substituents is 1. The van der Waals surface area contributed by atoms with Gasteiger partial charge in [-0.2, -0.15) is 0 Å². The number of aromatic hydroxyl groups is 1. The number of ether oxygens (including phenoxy) is 6. The molecule has 352 valence electrons. The molecule has 9 rings (SSSR count). The Kier molecular flexibility index (Phi) is 12.9. The largest absolute Gasteiger partial charge is 0.505 e. The van der Waals surface area contributed by atoms with Crippen molar-refractivity contribution < 1.29 is 57.4 Å². The number of methoxy groups -OCH3 is 1. The Balaban J connectivity index is 1.27. The second-order valence-corrected chi connectivity index (χ2v) is 17.5. The maximum Gasteiger partial charge on any atom is 0.312 e. The Labute approximate surface area is 386 Å². The lowest BCUT2D eigenvalue weighted by atomic mass is 9.86. The molecular formula is C50H54N4O13. The number of esters is 1. The molecule has 1 saturated heterocycles. The van der Waals surface area contributed by atoms with E-state index < -0.39 is 77.0 Å². The molecule has 1 amide bonds. The van der Waals surface area contributed by atoms with Crippen LogP contribution in [0.2, 0.25) is 0 Å². The number of phenols is 1. The predicted octanol–water partition coefficient (Wildman–Crippen LogP) is 6.68. The van der Waals surface area contributed by atoms with Crippen molar-refractivity contribution in [3.8, 4) is 17.2 Å². The number of aliphatic hydroxyl groups excluding tert-OH is 1. The Morgan fingerprint density at radius 1 is 1.03 bits per heavy atom. The van der Waals surface area contributed by atoms with Crippen LogP contribution in [0.15, 0.2) is 87.9 Å². The van der Waals surface area contributed by atoms with Crippen molar-refractivity contribution in [3.05, 3.63) is 100 Å². The topological polar surface area (TPSA) is 218 Å². The van der Waals surface area contributed by atoms with Crippen LogP contribution in [0.5, 0.6) is 17.2 Å². The van der Waals surface area contributed by atoms with Gasteiger partial charge in [0.15, 0.2) is 22.3 Å². The third-order valence-corrected chi connectivity index (χ3v) is 12.9. The Morgan fingerprint density at radius 2 is 1.81 bits per heavy atom. The number of allylic oxidation sites excluding steroid dienone is 2. The van der Waals surface area contributed by atoms with Crippen molar-refractivity contribution in [2.45, 2.75) is 84.8 Å². The van der Waals surface area contributed by atoms with E-state index in [9.17, 15) is 29.4 Å². The van der Waals surface area contributed by atoms with Gasteiger partial charge >= 0.3 is 11.8 Å². The fraction of sp³-hybridized carbons (Fsp3) is 0.400. The summed E-state index contributed by atoms with van der Waals surface area (Å²) in [5.41, 5.74) is -0.481. The Bertz CT molecular complexity index is 2930. The van der Waals surface area contributed by atoms with Gasteiger partial charge in [-0.15, -0.1) is 0 Å². The number of fused-ring (bicyclic) bond motifs is 9. The molecule has 17 nitrogen and oxygen atoms in total. The number of amides is 1. The van der Waals surface area contributed by atoms with Crippen LogP contribution in [0.4, 0.5) is 11.5 Å². The molecule has 0 spiro atoms. The average molecular weight is 919 g/mol. The first-order chi connectivity index (χ1) is 31.9. The lowest BCUT2D eigenvalue weighted by molar-refractivity contribution is -0.168. The van der Waals surface area contributed by atoms with E-state index in [2.05, 4.69) is 10.3 Å². The minimum Gasteiger partial charge on any atom is -0.505 e. The molecule has 67 heavy (non-hydrogen) atoms. The highest BCUT2D eigenvalue weighted by molar-refractivity contribution is 6.26. The number of Topliss-reactive ketones (excluding diaryl/α,β-unsaturated/α-hetero) is 1. The highest BCUT2D eigenvalue weighted by Gasteiger charge is 2.51. The fourth-order valence-electron chi connectivity index (χ4n) is 9.05. The number of nitrogens with one attached hydrogen (secondary N) is 1. The van der Waals surface area contributed by atoms with Crippen LogP contribution in [0.1, 0.15) is 57.5 Å². The number of likely N-dealkylation sites (N-methyl/N-ethyl adjacent to an activating group) is 1. The van der Waals surface area contributed by atoms with E-state index in [1.807, 2.05) is 50.1 Å². The summed E-state index contributed by atoms with van der Waals surface area (Å²) in [7, 11) is 3.35. The number of pyridine rings is 1. The van der Waals surface area contributed by atoms with E-state index in [1.54, 1.807) is 50.4 Å². The number of aliphatic hydroxyl groups is 1. The van der Waals surface area contributed by atoms with Gasteiger partial charge < -0.3 is 53.3 Å².